The van der Waals surface area contributed by atoms with Gasteiger partial charge in [0.05, 0.1) is 11.9 Å². The highest BCUT2D eigenvalue weighted by atomic mass is 32.2. The lowest BCUT2D eigenvalue weighted by atomic mass is 10.1. The van der Waals surface area contributed by atoms with Crippen LogP contribution in [-0.2, 0) is 26.0 Å². The Labute approximate surface area is 195 Å². The standard InChI is InChI=1S/C24H32FN3O4S/c1-4-16-26-24(30)22(5-2)27(17-15-19-9-7-6-8-10-19)23(29)18-28(33(3,31)32)21-13-11-20(25)12-14-21/h6-14,22H,4-5,15-18H2,1-3H3,(H,26,30)/t22-/m0/s1. The van der Waals surface area contributed by atoms with Crippen LogP contribution in [0.1, 0.15) is 32.3 Å². The molecule has 0 aliphatic heterocycles. The summed E-state index contributed by atoms with van der Waals surface area (Å²) in [6, 6.07) is 13.7. The van der Waals surface area contributed by atoms with Gasteiger partial charge in [-0.1, -0.05) is 44.2 Å². The first-order valence-corrected chi connectivity index (χ1v) is 12.9. The highest BCUT2D eigenvalue weighted by molar-refractivity contribution is 7.92. The zero-order chi connectivity index (χ0) is 24.4. The van der Waals surface area contributed by atoms with E-state index in [1.165, 1.54) is 17.0 Å². The lowest BCUT2D eigenvalue weighted by Crippen LogP contribution is -2.53. The van der Waals surface area contributed by atoms with Crippen molar-refractivity contribution in [2.24, 2.45) is 0 Å². The van der Waals surface area contributed by atoms with Crippen molar-refractivity contribution in [2.45, 2.75) is 39.2 Å². The van der Waals surface area contributed by atoms with E-state index >= 15 is 0 Å². The van der Waals surface area contributed by atoms with Crippen LogP contribution in [-0.4, -0.2) is 57.1 Å². The molecule has 0 aliphatic carbocycles. The molecule has 0 heterocycles. The van der Waals surface area contributed by atoms with Gasteiger partial charge in [-0.25, -0.2) is 12.8 Å². The van der Waals surface area contributed by atoms with Crippen molar-refractivity contribution in [1.82, 2.24) is 10.2 Å². The van der Waals surface area contributed by atoms with Gasteiger partial charge in [0.15, 0.2) is 0 Å². The molecular weight excluding hydrogens is 445 g/mol. The van der Waals surface area contributed by atoms with Gasteiger partial charge in [-0.15, -0.1) is 0 Å². The second kappa shape index (κ2) is 12.3. The van der Waals surface area contributed by atoms with Crippen LogP contribution in [0.5, 0.6) is 0 Å². The minimum Gasteiger partial charge on any atom is -0.354 e. The van der Waals surface area contributed by atoms with Crippen molar-refractivity contribution in [2.75, 3.05) is 30.2 Å². The third-order valence-electron chi connectivity index (χ3n) is 5.21. The molecule has 0 saturated carbocycles. The quantitative estimate of drug-likeness (QED) is 0.509. The first kappa shape index (κ1) is 26.3. The lowest BCUT2D eigenvalue weighted by molar-refractivity contribution is -0.139. The summed E-state index contributed by atoms with van der Waals surface area (Å²) in [6.07, 6.45) is 2.64. The Bertz CT molecular complexity index is 1010. The molecule has 0 spiro atoms. The van der Waals surface area contributed by atoms with E-state index in [1.54, 1.807) is 0 Å². The summed E-state index contributed by atoms with van der Waals surface area (Å²) in [5.74, 6) is -1.28. The first-order chi connectivity index (χ1) is 15.7. The van der Waals surface area contributed by atoms with E-state index in [9.17, 15) is 22.4 Å². The van der Waals surface area contributed by atoms with Crippen LogP contribution < -0.4 is 9.62 Å². The number of hydrogen-bond donors (Lipinski definition) is 1. The van der Waals surface area contributed by atoms with Crippen LogP contribution in [0.25, 0.3) is 0 Å². The molecule has 1 atom stereocenters. The number of rotatable bonds is 12. The van der Waals surface area contributed by atoms with Gasteiger partial charge >= 0.3 is 0 Å². The molecule has 2 aromatic carbocycles. The zero-order valence-corrected chi connectivity index (χ0v) is 20.1. The fourth-order valence-corrected chi connectivity index (χ4v) is 4.33. The molecule has 7 nitrogen and oxygen atoms in total. The minimum absolute atomic E-state index is 0.179. The zero-order valence-electron chi connectivity index (χ0n) is 19.3. The van der Waals surface area contributed by atoms with Crippen LogP contribution in [0, 0.1) is 5.82 Å². The van der Waals surface area contributed by atoms with Crippen LogP contribution in [0.2, 0.25) is 0 Å². The summed E-state index contributed by atoms with van der Waals surface area (Å²) in [5, 5.41) is 2.83. The fraction of sp³-hybridized carbons (Fsp3) is 0.417. The fourth-order valence-electron chi connectivity index (χ4n) is 3.48. The number of amides is 2. The molecule has 0 aliphatic rings. The minimum atomic E-state index is -3.83. The van der Waals surface area contributed by atoms with E-state index < -0.39 is 34.3 Å². The van der Waals surface area contributed by atoms with E-state index in [0.717, 1.165) is 34.7 Å². The number of benzene rings is 2. The van der Waals surface area contributed by atoms with Crippen molar-refractivity contribution in [3.05, 3.63) is 66.0 Å². The lowest BCUT2D eigenvalue weighted by Gasteiger charge is -2.32. The summed E-state index contributed by atoms with van der Waals surface area (Å²) in [6.45, 7) is 4.00. The largest absolute Gasteiger partial charge is 0.354 e. The molecule has 2 rings (SSSR count). The molecule has 0 bridgehead atoms. The molecule has 180 valence electrons. The third-order valence-corrected chi connectivity index (χ3v) is 6.35. The molecule has 2 amide bonds. The molecule has 9 heteroatoms. The molecule has 0 saturated heterocycles. The Hall–Kier alpha value is -2.94. The smallest absolute Gasteiger partial charge is 0.244 e. The molecule has 2 aromatic rings. The highest BCUT2D eigenvalue weighted by Gasteiger charge is 2.31. The number of nitrogens with zero attached hydrogens (tertiary/aromatic N) is 2. The average molecular weight is 478 g/mol. The summed E-state index contributed by atoms with van der Waals surface area (Å²) < 4.78 is 39.2. The molecule has 0 unspecified atom stereocenters. The predicted molar refractivity (Wildman–Crippen MR) is 128 cm³/mol. The molecule has 0 aromatic heterocycles. The van der Waals surface area contributed by atoms with Gasteiger partial charge in [0, 0.05) is 13.1 Å². The number of hydrogen-bond acceptors (Lipinski definition) is 4. The summed E-state index contributed by atoms with van der Waals surface area (Å²) in [5.41, 5.74) is 1.18. The Morgan fingerprint density at radius 1 is 1.03 bits per heavy atom. The SMILES string of the molecule is CCCNC(=O)[C@H](CC)N(CCc1ccccc1)C(=O)CN(c1ccc(F)cc1)S(C)(=O)=O. The number of nitrogens with one attached hydrogen (secondary N) is 1. The topological polar surface area (TPSA) is 86.8 Å². The van der Waals surface area contributed by atoms with Gasteiger partial charge in [0.1, 0.15) is 18.4 Å². The van der Waals surface area contributed by atoms with Crippen molar-refractivity contribution in [3.63, 3.8) is 0 Å². The van der Waals surface area contributed by atoms with Crippen molar-refractivity contribution < 1.29 is 22.4 Å². The second-order valence-corrected chi connectivity index (χ2v) is 9.69. The van der Waals surface area contributed by atoms with Gasteiger partial charge in [0.25, 0.3) is 0 Å². The van der Waals surface area contributed by atoms with Gasteiger partial charge < -0.3 is 10.2 Å². The number of carbonyl (C=O) groups excluding carboxylic acids is 2. The van der Waals surface area contributed by atoms with E-state index in [0.29, 0.717) is 19.4 Å². The first-order valence-electron chi connectivity index (χ1n) is 11.0. The maximum absolute atomic E-state index is 13.4. The van der Waals surface area contributed by atoms with E-state index in [1.807, 2.05) is 44.2 Å². The summed E-state index contributed by atoms with van der Waals surface area (Å²) in [7, 11) is -3.83. The van der Waals surface area contributed by atoms with Crippen LogP contribution in [0.15, 0.2) is 54.6 Å². The number of anilines is 1. The van der Waals surface area contributed by atoms with Gasteiger partial charge in [-0.05, 0) is 49.1 Å². The maximum atomic E-state index is 13.4. The van der Waals surface area contributed by atoms with E-state index in [4.69, 9.17) is 0 Å². The normalized spacial score (nSPS) is 12.1. The average Bonchev–Trinajstić information content (AvgIpc) is 2.79. The van der Waals surface area contributed by atoms with Gasteiger partial charge in [-0.3, -0.25) is 13.9 Å². The second-order valence-electron chi connectivity index (χ2n) is 7.78. The Kier molecular flexibility index (Phi) is 9.84. The van der Waals surface area contributed by atoms with Gasteiger partial charge in [0.2, 0.25) is 21.8 Å². The van der Waals surface area contributed by atoms with Gasteiger partial charge in [-0.2, -0.15) is 0 Å². The van der Waals surface area contributed by atoms with Crippen molar-refractivity contribution in [1.29, 1.82) is 0 Å². The number of sulfonamides is 1. The molecule has 0 radical (unpaired) electrons. The molecule has 33 heavy (non-hydrogen) atoms. The Balaban J connectivity index is 2.32. The van der Waals surface area contributed by atoms with Crippen LogP contribution in [0.4, 0.5) is 10.1 Å². The van der Waals surface area contributed by atoms with Crippen LogP contribution in [0.3, 0.4) is 0 Å². The third kappa shape index (κ3) is 7.85. The predicted octanol–water partition coefficient (Wildman–Crippen LogP) is 2.97. The van der Waals surface area contributed by atoms with Crippen LogP contribution >= 0.6 is 0 Å². The molecule has 0 fully saturated rings. The molecule has 1 N–H and O–H groups in total. The highest BCUT2D eigenvalue weighted by Crippen LogP contribution is 2.19. The van der Waals surface area contributed by atoms with Crippen molar-refractivity contribution >= 4 is 27.5 Å². The van der Waals surface area contributed by atoms with Crippen molar-refractivity contribution in [3.8, 4) is 0 Å². The number of carbonyl (C=O) groups is 2. The van der Waals surface area contributed by atoms with E-state index in [2.05, 4.69) is 5.32 Å². The summed E-state index contributed by atoms with van der Waals surface area (Å²) in [4.78, 5) is 27.7. The summed E-state index contributed by atoms with van der Waals surface area (Å²) >= 11 is 0. The Morgan fingerprint density at radius 2 is 1.67 bits per heavy atom. The Morgan fingerprint density at radius 3 is 2.21 bits per heavy atom. The maximum Gasteiger partial charge on any atom is 0.244 e. The number of halogens is 1. The van der Waals surface area contributed by atoms with E-state index in [-0.39, 0.29) is 18.1 Å². The molecular formula is C24H32FN3O4S. The monoisotopic (exact) mass is 477 g/mol.